The molecule has 2 N–H and O–H groups in total. The monoisotopic (exact) mass is 628 g/mol. The first-order chi connectivity index (χ1) is 19.4. The van der Waals surface area contributed by atoms with Gasteiger partial charge < -0.3 is 33.9 Å². The summed E-state index contributed by atoms with van der Waals surface area (Å²) >= 11 is 3.55. The Hall–Kier alpha value is -3.99. The molecule has 1 aliphatic heterocycles. The lowest BCUT2D eigenvalue weighted by atomic mass is 9.96. The van der Waals surface area contributed by atoms with E-state index in [4.69, 9.17) is 18.9 Å². The molecule has 0 radical (unpaired) electrons. The minimum absolute atomic E-state index is 0.0732. The first-order valence-corrected chi connectivity index (χ1v) is 14.0. The number of alkyl halides is 1. The number of rotatable bonds is 8. The summed E-state index contributed by atoms with van der Waals surface area (Å²) in [5.41, 5.74) is 2.64. The van der Waals surface area contributed by atoms with Crippen LogP contribution in [0.3, 0.4) is 0 Å². The number of benzene rings is 2. The topological polar surface area (TPSA) is 127 Å². The third-order valence-corrected chi connectivity index (χ3v) is 7.36. The molecule has 1 amide bonds. The summed E-state index contributed by atoms with van der Waals surface area (Å²) in [5.74, 6) is -0.808. The van der Waals surface area contributed by atoms with E-state index in [-0.39, 0.29) is 24.2 Å². The summed E-state index contributed by atoms with van der Waals surface area (Å²) in [4.78, 5) is 42.9. The maximum atomic E-state index is 13.5. The highest BCUT2D eigenvalue weighted by molar-refractivity contribution is 9.09. The summed E-state index contributed by atoms with van der Waals surface area (Å²) in [5, 5.41) is 11.9. The Balaban J connectivity index is 1.63. The molecule has 0 bridgehead atoms. The maximum Gasteiger partial charge on any atom is 0.344 e. The molecule has 1 aromatic heterocycles. The van der Waals surface area contributed by atoms with Crippen molar-refractivity contribution in [1.29, 1.82) is 0 Å². The summed E-state index contributed by atoms with van der Waals surface area (Å²) in [6.45, 7) is 7.10. The number of nitrogens with zero attached hydrogens (tertiary/aromatic N) is 1. The second-order valence-electron chi connectivity index (χ2n) is 10.6. The van der Waals surface area contributed by atoms with Crippen LogP contribution in [0, 0.1) is 6.92 Å². The summed E-state index contributed by atoms with van der Waals surface area (Å²) in [7, 11) is 2.79. The van der Waals surface area contributed by atoms with Gasteiger partial charge in [-0.1, -0.05) is 22.0 Å². The van der Waals surface area contributed by atoms with Crippen molar-refractivity contribution in [2.75, 3.05) is 37.6 Å². The molecule has 0 spiro atoms. The molecule has 0 aliphatic carbocycles. The number of halogens is 1. The number of carbonyl (C=O) groups excluding carboxylic acids is 3. The third-order valence-electron chi connectivity index (χ3n) is 6.58. The van der Waals surface area contributed by atoms with Crippen molar-refractivity contribution in [2.45, 2.75) is 39.2 Å². The number of amides is 1. The second-order valence-corrected chi connectivity index (χ2v) is 11.3. The first-order valence-electron chi connectivity index (χ1n) is 12.9. The van der Waals surface area contributed by atoms with E-state index in [2.05, 4.69) is 20.9 Å². The van der Waals surface area contributed by atoms with Crippen molar-refractivity contribution in [3.8, 4) is 17.2 Å². The normalized spacial score (nSPS) is 14.8. The zero-order valence-corrected chi connectivity index (χ0v) is 25.4. The number of anilines is 1. The smallest absolute Gasteiger partial charge is 0.344 e. The summed E-state index contributed by atoms with van der Waals surface area (Å²) < 4.78 is 21.3. The van der Waals surface area contributed by atoms with Crippen LogP contribution >= 0.6 is 15.9 Å². The average molecular weight is 630 g/mol. The molecule has 10 nitrogen and oxygen atoms in total. The Morgan fingerprint density at radius 3 is 2.54 bits per heavy atom. The van der Waals surface area contributed by atoms with Crippen molar-refractivity contribution < 1.29 is 38.4 Å². The zero-order valence-electron chi connectivity index (χ0n) is 23.8. The Morgan fingerprint density at radius 2 is 1.90 bits per heavy atom. The quantitative estimate of drug-likeness (QED) is 0.197. The molecule has 0 saturated carbocycles. The van der Waals surface area contributed by atoms with Crippen molar-refractivity contribution in [1.82, 2.24) is 4.98 Å². The van der Waals surface area contributed by atoms with Crippen LogP contribution in [-0.4, -0.2) is 66.2 Å². The number of ether oxygens (including phenoxy) is 4. The molecule has 2 aromatic carbocycles. The molecule has 11 heteroatoms. The third kappa shape index (κ3) is 6.19. The van der Waals surface area contributed by atoms with Crippen molar-refractivity contribution in [3.63, 3.8) is 0 Å². The number of phenols is 1. The van der Waals surface area contributed by atoms with Crippen LogP contribution in [0.4, 0.5) is 5.69 Å². The fourth-order valence-corrected chi connectivity index (χ4v) is 5.44. The van der Waals surface area contributed by atoms with Gasteiger partial charge in [-0.3, -0.25) is 4.79 Å². The van der Waals surface area contributed by atoms with E-state index in [1.165, 1.54) is 20.3 Å². The minimum Gasteiger partial charge on any atom is -0.506 e. The number of carbonyl (C=O) groups is 3. The Labute approximate surface area is 246 Å². The SMILES string of the molecule is COC(=O)c1c(C)[nH]c2c(O)cc3c(c12)[C@H](CBr)CN3C(=O)/C=C/c1ccc(OC)c(OCC(=O)OC(C)(C)C)c1. The maximum absolute atomic E-state index is 13.5. The average Bonchev–Trinajstić information content (AvgIpc) is 3.46. The first kappa shape index (κ1) is 30.0. The number of hydrogen-bond acceptors (Lipinski definition) is 8. The number of aromatic hydroxyl groups is 1. The number of phenolic OH excluding ortho intramolecular Hbond substituents is 1. The number of esters is 2. The van der Waals surface area contributed by atoms with Gasteiger partial charge in [-0.25, -0.2) is 9.59 Å². The number of aryl methyl sites for hydroxylation is 1. The molecule has 3 aromatic rings. The van der Waals surface area contributed by atoms with Crippen LogP contribution in [0.5, 0.6) is 17.2 Å². The lowest BCUT2D eigenvalue weighted by Gasteiger charge is -2.19. The van der Waals surface area contributed by atoms with E-state index in [0.717, 1.165) is 5.56 Å². The highest BCUT2D eigenvalue weighted by atomic mass is 79.9. The highest BCUT2D eigenvalue weighted by Gasteiger charge is 2.36. The lowest BCUT2D eigenvalue weighted by Crippen LogP contribution is -2.28. The van der Waals surface area contributed by atoms with Gasteiger partial charge in [0.05, 0.1) is 31.0 Å². The van der Waals surface area contributed by atoms with E-state index in [1.54, 1.807) is 62.9 Å². The van der Waals surface area contributed by atoms with Gasteiger partial charge in [0, 0.05) is 41.0 Å². The molecular weight excluding hydrogens is 596 g/mol. The fourth-order valence-electron chi connectivity index (χ4n) is 4.91. The molecule has 218 valence electrons. The van der Waals surface area contributed by atoms with Crippen LogP contribution in [-0.2, 0) is 19.1 Å². The molecule has 0 unspecified atom stereocenters. The van der Waals surface area contributed by atoms with E-state index in [0.29, 0.717) is 56.8 Å². The van der Waals surface area contributed by atoms with Gasteiger partial charge in [-0.15, -0.1) is 0 Å². The zero-order chi connectivity index (χ0) is 30.1. The van der Waals surface area contributed by atoms with E-state index in [1.807, 2.05) is 0 Å². The number of methoxy groups -OCH3 is 2. The number of fused-ring (bicyclic) bond motifs is 3. The number of nitrogens with one attached hydrogen (secondary N) is 1. The van der Waals surface area contributed by atoms with Crippen molar-refractivity contribution in [3.05, 3.63) is 52.7 Å². The van der Waals surface area contributed by atoms with Gasteiger partial charge in [0.15, 0.2) is 18.1 Å². The van der Waals surface area contributed by atoms with Gasteiger partial charge in [-0.2, -0.15) is 0 Å². The number of H-pyrrole nitrogens is 1. The fraction of sp³-hybridized carbons (Fsp3) is 0.367. The van der Waals surface area contributed by atoms with E-state index < -0.39 is 17.5 Å². The Kier molecular flexibility index (Phi) is 8.67. The highest BCUT2D eigenvalue weighted by Crippen LogP contribution is 2.47. The molecule has 1 atom stereocenters. The molecule has 0 saturated heterocycles. The molecule has 2 heterocycles. The van der Waals surface area contributed by atoms with Gasteiger partial charge in [0.1, 0.15) is 11.4 Å². The van der Waals surface area contributed by atoms with Crippen LogP contribution in [0.25, 0.3) is 17.0 Å². The van der Waals surface area contributed by atoms with Crippen molar-refractivity contribution >= 4 is 56.4 Å². The predicted molar refractivity (Wildman–Crippen MR) is 158 cm³/mol. The van der Waals surface area contributed by atoms with E-state index in [9.17, 15) is 19.5 Å². The number of hydrogen-bond donors (Lipinski definition) is 2. The second kappa shape index (κ2) is 11.9. The molecule has 41 heavy (non-hydrogen) atoms. The Morgan fingerprint density at radius 1 is 1.17 bits per heavy atom. The van der Waals surface area contributed by atoms with Crippen LogP contribution in [0.15, 0.2) is 30.3 Å². The van der Waals surface area contributed by atoms with Crippen molar-refractivity contribution in [2.24, 2.45) is 0 Å². The largest absolute Gasteiger partial charge is 0.506 e. The van der Waals surface area contributed by atoms with Gasteiger partial charge in [0.2, 0.25) is 0 Å². The van der Waals surface area contributed by atoms with Gasteiger partial charge >= 0.3 is 11.9 Å². The Bertz CT molecular complexity index is 1540. The summed E-state index contributed by atoms with van der Waals surface area (Å²) in [6.07, 6.45) is 3.05. The predicted octanol–water partition coefficient (Wildman–Crippen LogP) is 5.24. The molecule has 4 rings (SSSR count). The molecule has 1 aliphatic rings. The lowest BCUT2D eigenvalue weighted by molar-refractivity contribution is -0.157. The number of aromatic nitrogens is 1. The summed E-state index contributed by atoms with van der Waals surface area (Å²) in [6, 6.07) is 6.63. The number of aromatic amines is 1. The van der Waals surface area contributed by atoms with Crippen LogP contribution < -0.4 is 14.4 Å². The van der Waals surface area contributed by atoms with Gasteiger partial charge in [0.25, 0.3) is 5.91 Å². The standard InChI is InChI=1S/C30H33BrN2O8/c1-16-25(29(37)39-6)27-26-18(13-31)14-33(19(26)12-20(34)28(27)32-16)23(35)10-8-17-7-9-21(38-5)22(11-17)40-15-24(36)41-30(2,3)4/h7-12,18,32,34H,13-15H2,1-6H3/b10-8+/t18-/m1/s1. The van der Waals surface area contributed by atoms with E-state index >= 15 is 0 Å². The molecular formula is C30H33BrN2O8. The minimum atomic E-state index is -0.638. The van der Waals surface area contributed by atoms with Crippen LogP contribution in [0.2, 0.25) is 0 Å². The van der Waals surface area contributed by atoms with Gasteiger partial charge in [-0.05, 0) is 57.0 Å². The van der Waals surface area contributed by atoms with Crippen LogP contribution in [0.1, 0.15) is 53.9 Å². The molecule has 0 fully saturated rings.